The van der Waals surface area contributed by atoms with Crippen LogP contribution in [0.1, 0.15) is 30.3 Å². The number of amides is 1. The Balaban J connectivity index is 1.66. The van der Waals surface area contributed by atoms with Gasteiger partial charge in [-0.25, -0.2) is 13.1 Å². The van der Waals surface area contributed by atoms with Gasteiger partial charge in [0.15, 0.2) is 0 Å². The van der Waals surface area contributed by atoms with Crippen molar-refractivity contribution in [2.24, 2.45) is 0 Å². The van der Waals surface area contributed by atoms with Crippen LogP contribution in [0.2, 0.25) is 0 Å². The molecular weight excluding hydrogens is 330 g/mol. The molecule has 0 unspecified atom stereocenters. The minimum Gasteiger partial charge on any atom is -0.466 e. The van der Waals surface area contributed by atoms with Crippen molar-refractivity contribution >= 4 is 15.9 Å². The maximum Gasteiger partial charge on any atom is 0.222 e. The summed E-state index contributed by atoms with van der Waals surface area (Å²) < 4.78 is 31.8. The standard InChI is InChI=1S/C16H25N3O4S/c1-12-5-6-15(23-12)13-10-18(11-14(13)17-24(2,21)22)8-9-19-7-3-4-16(19)20/h5-6,13-14,17H,3-4,7-11H2,1-2H3/t13-,14-/m0/s1. The van der Waals surface area contributed by atoms with Crippen molar-refractivity contribution in [1.29, 1.82) is 0 Å². The molecule has 0 spiro atoms. The van der Waals surface area contributed by atoms with Crippen molar-refractivity contribution in [1.82, 2.24) is 14.5 Å². The van der Waals surface area contributed by atoms with Crippen molar-refractivity contribution in [2.75, 3.05) is 39.0 Å². The molecule has 1 N–H and O–H groups in total. The van der Waals surface area contributed by atoms with E-state index in [1.165, 1.54) is 6.26 Å². The number of rotatable bonds is 6. The third-order valence-electron chi connectivity index (χ3n) is 4.75. The SMILES string of the molecule is Cc1ccc([C@H]2CN(CCN3CCCC3=O)C[C@@H]2NS(C)(=O)=O)o1. The van der Waals surface area contributed by atoms with Gasteiger partial charge in [0.1, 0.15) is 11.5 Å². The highest BCUT2D eigenvalue weighted by Crippen LogP contribution is 2.29. The Hall–Kier alpha value is -1.38. The van der Waals surface area contributed by atoms with Gasteiger partial charge in [-0.2, -0.15) is 0 Å². The highest BCUT2D eigenvalue weighted by atomic mass is 32.2. The molecule has 3 rings (SSSR count). The minimum atomic E-state index is -3.29. The molecule has 2 aliphatic rings. The molecule has 2 aliphatic heterocycles. The van der Waals surface area contributed by atoms with Gasteiger partial charge in [0.25, 0.3) is 0 Å². The van der Waals surface area contributed by atoms with E-state index in [0.717, 1.165) is 37.6 Å². The van der Waals surface area contributed by atoms with E-state index in [4.69, 9.17) is 4.42 Å². The molecule has 0 radical (unpaired) electrons. The number of nitrogens with zero attached hydrogens (tertiary/aromatic N) is 2. The molecule has 7 nitrogen and oxygen atoms in total. The molecule has 8 heteroatoms. The van der Waals surface area contributed by atoms with Crippen LogP contribution in [-0.4, -0.2) is 69.1 Å². The molecule has 0 bridgehead atoms. The monoisotopic (exact) mass is 355 g/mol. The Morgan fingerprint density at radius 1 is 1.29 bits per heavy atom. The number of furan rings is 1. The van der Waals surface area contributed by atoms with E-state index in [9.17, 15) is 13.2 Å². The average Bonchev–Trinajstić information content (AvgIpc) is 3.16. The van der Waals surface area contributed by atoms with Crippen LogP contribution >= 0.6 is 0 Å². The molecule has 2 saturated heterocycles. The zero-order chi connectivity index (χ0) is 17.3. The quantitative estimate of drug-likeness (QED) is 0.805. The van der Waals surface area contributed by atoms with Gasteiger partial charge in [0.2, 0.25) is 15.9 Å². The van der Waals surface area contributed by atoms with Crippen LogP contribution in [0.3, 0.4) is 0 Å². The molecule has 3 heterocycles. The van der Waals surface area contributed by atoms with Crippen LogP contribution < -0.4 is 4.72 Å². The van der Waals surface area contributed by atoms with Gasteiger partial charge >= 0.3 is 0 Å². The summed E-state index contributed by atoms with van der Waals surface area (Å²) >= 11 is 0. The van der Waals surface area contributed by atoms with E-state index in [1.54, 1.807) is 0 Å². The number of carbonyl (C=O) groups is 1. The van der Waals surface area contributed by atoms with Crippen LogP contribution in [0.5, 0.6) is 0 Å². The summed E-state index contributed by atoms with van der Waals surface area (Å²) in [6.45, 7) is 5.52. The Labute approximate surface area is 143 Å². The molecule has 0 aliphatic carbocycles. The number of nitrogens with one attached hydrogen (secondary N) is 1. The molecule has 24 heavy (non-hydrogen) atoms. The first-order valence-electron chi connectivity index (χ1n) is 8.35. The van der Waals surface area contributed by atoms with Crippen molar-refractivity contribution in [3.8, 4) is 0 Å². The van der Waals surface area contributed by atoms with E-state index in [2.05, 4.69) is 9.62 Å². The summed E-state index contributed by atoms with van der Waals surface area (Å²) in [6, 6.07) is 3.61. The fourth-order valence-electron chi connectivity index (χ4n) is 3.61. The number of hydrogen-bond acceptors (Lipinski definition) is 5. The van der Waals surface area contributed by atoms with E-state index >= 15 is 0 Å². The van der Waals surface area contributed by atoms with Crippen molar-refractivity contribution < 1.29 is 17.6 Å². The number of sulfonamides is 1. The van der Waals surface area contributed by atoms with E-state index in [0.29, 0.717) is 19.5 Å². The Morgan fingerprint density at radius 3 is 2.67 bits per heavy atom. The predicted molar refractivity (Wildman–Crippen MR) is 90.2 cm³/mol. The smallest absolute Gasteiger partial charge is 0.222 e. The van der Waals surface area contributed by atoms with E-state index in [-0.39, 0.29) is 17.9 Å². The molecule has 0 aromatic carbocycles. The summed E-state index contributed by atoms with van der Waals surface area (Å²) in [4.78, 5) is 15.8. The maximum atomic E-state index is 11.7. The number of carbonyl (C=O) groups excluding carboxylic acids is 1. The molecule has 134 valence electrons. The van der Waals surface area contributed by atoms with Gasteiger partial charge in [-0.15, -0.1) is 0 Å². The molecule has 2 fully saturated rings. The average molecular weight is 355 g/mol. The fraction of sp³-hybridized carbons (Fsp3) is 0.688. The van der Waals surface area contributed by atoms with Crippen LogP contribution in [0.25, 0.3) is 0 Å². The third-order valence-corrected chi connectivity index (χ3v) is 5.48. The molecule has 1 amide bonds. The maximum absolute atomic E-state index is 11.7. The molecule has 1 aromatic rings. The summed E-state index contributed by atoms with van der Waals surface area (Å²) in [5, 5.41) is 0. The first kappa shape index (κ1) is 17.4. The lowest BCUT2D eigenvalue weighted by molar-refractivity contribution is -0.127. The van der Waals surface area contributed by atoms with Gasteiger partial charge in [0, 0.05) is 51.1 Å². The van der Waals surface area contributed by atoms with Crippen LogP contribution in [0.15, 0.2) is 16.5 Å². The molecule has 2 atom stereocenters. The first-order valence-corrected chi connectivity index (χ1v) is 10.2. The largest absolute Gasteiger partial charge is 0.466 e. The second kappa shape index (κ2) is 6.85. The number of aryl methyl sites for hydroxylation is 1. The molecule has 0 saturated carbocycles. The summed E-state index contributed by atoms with van der Waals surface area (Å²) in [5.74, 6) is 1.85. The van der Waals surface area contributed by atoms with Gasteiger partial charge < -0.3 is 9.32 Å². The third kappa shape index (κ3) is 4.17. The van der Waals surface area contributed by atoms with E-state index < -0.39 is 10.0 Å². The molecular formula is C16H25N3O4S. The highest BCUT2D eigenvalue weighted by Gasteiger charge is 2.37. The Kier molecular flexibility index (Phi) is 4.98. The first-order chi connectivity index (χ1) is 11.3. The van der Waals surface area contributed by atoms with Crippen molar-refractivity contribution in [3.63, 3.8) is 0 Å². The van der Waals surface area contributed by atoms with Crippen LogP contribution in [-0.2, 0) is 14.8 Å². The lowest BCUT2D eigenvalue weighted by atomic mass is 10.0. The van der Waals surface area contributed by atoms with Gasteiger partial charge in [-0.3, -0.25) is 9.69 Å². The van der Waals surface area contributed by atoms with Crippen molar-refractivity contribution in [3.05, 3.63) is 23.7 Å². The predicted octanol–water partition coefficient (Wildman–Crippen LogP) is 0.527. The van der Waals surface area contributed by atoms with Crippen LogP contribution in [0, 0.1) is 6.92 Å². The van der Waals surface area contributed by atoms with Crippen LogP contribution in [0.4, 0.5) is 0 Å². The van der Waals surface area contributed by atoms with Crippen molar-refractivity contribution in [2.45, 2.75) is 31.7 Å². The normalized spacial score (nSPS) is 25.8. The Morgan fingerprint density at radius 2 is 2.08 bits per heavy atom. The summed E-state index contributed by atoms with van der Waals surface area (Å²) in [6.07, 6.45) is 2.76. The number of hydrogen-bond donors (Lipinski definition) is 1. The zero-order valence-electron chi connectivity index (χ0n) is 14.2. The zero-order valence-corrected chi connectivity index (χ0v) is 15.0. The second-order valence-electron chi connectivity index (χ2n) is 6.80. The number of likely N-dealkylation sites (tertiary alicyclic amines) is 2. The summed E-state index contributed by atoms with van der Waals surface area (Å²) in [5.41, 5.74) is 0. The minimum absolute atomic E-state index is 0.0114. The lowest BCUT2D eigenvalue weighted by Gasteiger charge is -2.21. The highest BCUT2D eigenvalue weighted by molar-refractivity contribution is 7.88. The second-order valence-corrected chi connectivity index (χ2v) is 8.58. The van der Waals surface area contributed by atoms with Gasteiger partial charge in [-0.05, 0) is 25.5 Å². The fourth-order valence-corrected chi connectivity index (χ4v) is 4.39. The van der Waals surface area contributed by atoms with Gasteiger partial charge in [-0.1, -0.05) is 0 Å². The lowest BCUT2D eigenvalue weighted by Crippen LogP contribution is -2.40. The van der Waals surface area contributed by atoms with E-state index in [1.807, 2.05) is 24.0 Å². The topological polar surface area (TPSA) is 82.9 Å². The summed E-state index contributed by atoms with van der Waals surface area (Å²) in [7, 11) is -3.29. The Bertz CT molecular complexity index is 700. The molecule has 1 aromatic heterocycles. The van der Waals surface area contributed by atoms with Gasteiger partial charge in [0.05, 0.1) is 6.26 Å².